The summed E-state index contributed by atoms with van der Waals surface area (Å²) in [6.07, 6.45) is 9.66. The summed E-state index contributed by atoms with van der Waals surface area (Å²) in [4.78, 5) is 2.73. The minimum Gasteiger partial charge on any atom is -0.329 e. The van der Waals surface area contributed by atoms with Crippen molar-refractivity contribution in [1.29, 1.82) is 0 Å². The van der Waals surface area contributed by atoms with Crippen LogP contribution in [0.15, 0.2) is 0 Å². The van der Waals surface area contributed by atoms with Gasteiger partial charge in [-0.3, -0.25) is 4.90 Å². The zero-order valence-corrected chi connectivity index (χ0v) is 9.47. The van der Waals surface area contributed by atoms with Gasteiger partial charge in [0.2, 0.25) is 0 Å². The van der Waals surface area contributed by atoms with E-state index in [0.29, 0.717) is 5.54 Å². The molecule has 2 rings (SSSR count). The van der Waals surface area contributed by atoms with E-state index in [1.807, 2.05) is 0 Å². The van der Waals surface area contributed by atoms with Crippen molar-refractivity contribution >= 4 is 0 Å². The van der Waals surface area contributed by atoms with Crippen molar-refractivity contribution < 1.29 is 0 Å². The maximum atomic E-state index is 5.97. The smallest absolute Gasteiger partial charge is 0.0334 e. The lowest BCUT2D eigenvalue weighted by Crippen LogP contribution is -2.61. The quantitative estimate of drug-likeness (QED) is 0.733. The van der Waals surface area contributed by atoms with Gasteiger partial charge in [0.05, 0.1) is 0 Å². The van der Waals surface area contributed by atoms with E-state index in [-0.39, 0.29) is 0 Å². The molecule has 2 nitrogen and oxygen atoms in total. The molecule has 0 aromatic rings. The number of nitrogens with zero attached hydrogens (tertiary/aromatic N) is 1. The van der Waals surface area contributed by atoms with Gasteiger partial charge in [0.25, 0.3) is 0 Å². The van der Waals surface area contributed by atoms with Gasteiger partial charge in [-0.15, -0.1) is 0 Å². The molecule has 1 heterocycles. The minimum atomic E-state index is 0.407. The van der Waals surface area contributed by atoms with E-state index in [2.05, 4.69) is 11.8 Å². The first-order valence-electron chi connectivity index (χ1n) is 6.25. The molecule has 82 valence electrons. The van der Waals surface area contributed by atoms with Crippen LogP contribution in [0.1, 0.15) is 51.9 Å². The fraction of sp³-hybridized carbons (Fsp3) is 1.00. The van der Waals surface area contributed by atoms with E-state index in [1.165, 1.54) is 51.5 Å². The highest BCUT2D eigenvalue weighted by Crippen LogP contribution is 2.39. The zero-order chi connectivity index (χ0) is 10.0. The van der Waals surface area contributed by atoms with Gasteiger partial charge in [0.1, 0.15) is 0 Å². The molecule has 0 bridgehead atoms. The van der Waals surface area contributed by atoms with Gasteiger partial charge in [0, 0.05) is 18.1 Å². The van der Waals surface area contributed by atoms with Crippen LogP contribution in [0.2, 0.25) is 0 Å². The largest absolute Gasteiger partial charge is 0.329 e. The Balaban J connectivity index is 2.05. The molecule has 0 aromatic heterocycles. The molecule has 1 unspecified atom stereocenters. The van der Waals surface area contributed by atoms with Crippen LogP contribution in [-0.4, -0.2) is 29.6 Å². The summed E-state index contributed by atoms with van der Waals surface area (Å²) < 4.78 is 0. The van der Waals surface area contributed by atoms with Crippen molar-refractivity contribution in [3.05, 3.63) is 0 Å². The highest BCUT2D eigenvalue weighted by atomic mass is 15.2. The monoisotopic (exact) mass is 196 g/mol. The fourth-order valence-corrected chi connectivity index (χ4v) is 3.17. The number of nitrogens with two attached hydrogens (primary N) is 1. The third kappa shape index (κ3) is 1.70. The third-order valence-electron chi connectivity index (χ3n) is 4.33. The van der Waals surface area contributed by atoms with E-state index in [1.54, 1.807) is 0 Å². The molecule has 0 spiro atoms. The van der Waals surface area contributed by atoms with Crippen LogP contribution in [-0.2, 0) is 0 Å². The summed E-state index contributed by atoms with van der Waals surface area (Å²) in [6, 6.07) is 0.765. The maximum absolute atomic E-state index is 5.97. The molecule has 2 heteroatoms. The molecule has 1 saturated heterocycles. The number of rotatable bonds is 2. The second-order valence-electron chi connectivity index (χ2n) is 5.17. The predicted octanol–water partition coefficient (Wildman–Crippen LogP) is 2.13. The topological polar surface area (TPSA) is 29.3 Å². The van der Waals surface area contributed by atoms with E-state index in [9.17, 15) is 0 Å². The SMILES string of the molecule is CC1CCCCCN1C1(CN)CCC1. The summed E-state index contributed by atoms with van der Waals surface area (Å²) in [5.74, 6) is 0. The molecule has 0 aromatic carbocycles. The molecule has 2 fully saturated rings. The number of hydrogen-bond acceptors (Lipinski definition) is 2. The van der Waals surface area contributed by atoms with Gasteiger partial charge in [-0.25, -0.2) is 0 Å². The zero-order valence-electron chi connectivity index (χ0n) is 9.47. The molecule has 0 amide bonds. The Morgan fingerprint density at radius 1 is 1.21 bits per heavy atom. The first kappa shape index (κ1) is 10.4. The van der Waals surface area contributed by atoms with Crippen molar-refractivity contribution in [1.82, 2.24) is 4.90 Å². The molecule has 2 N–H and O–H groups in total. The average Bonchev–Trinajstić information content (AvgIpc) is 2.31. The van der Waals surface area contributed by atoms with E-state index in [4.69, 9.17) is 5.73 Å². The van der Waals surface area contributed by atoms with Crippen molar-refractivity contribution in [2.45, 2.75) is 63.5 Å². The highest BCUT2D eigenvalue weighted by molar-refractivity contribution is 5.00. The van der Waals surface area contributed by atoms with E-state index in [0.717, 1.165) is 12.6 Å². The lowest BCUT2D eigenvalue weighted by molar-refractivity contribution is -0.00366. The molecule has 1 atom stereocenters. The molecule has 0 radical (unpaired) electrons. The number of hydrogen-bond donors (Lipinski definition) is 1. The van der Waals surface area contributed by atoms with Gasteiger partial charge in [-0.1, -0.05) is 12.8 Å². The first-order chi connectivity index (χ1) is 6.78. The second kappa shape index (κ2) is 4.19. The van der Waals surface area contributed by atoms with Crippen LogP contribution < -0.4 is 5.73 Å². The van der Waals surface area contributed by atoms with Crippen LogP contribution in [0.25, 0.3) is 0 Å². The maximum Gasteiger partial charge on any atom is 0.0334 e. The molecule has 1 aliphatic heterocycles. The second-order valence-corrected chi connectivity index (χ2v) is 5.17. The van der Waals surface area contributed by atoms with Crippen LogP contribution in [0.3, 0.4) is 0 Å². The standard InChI is InChI=1S/C12H24N2/c1-11-6-3-2-4-9-14(11)12(10-13)7-5-8-12/h11H,2-10,13H2,1H3. The van der Waals surface area contributed by atoms with Crippen molar-refractivity contribution in [3.63, 3.8) is 0 Å². The highest BCUT2D eigenvalue weighted by Gasteiger charge is 2.42. The van der Waals surface area contributed by atoms with Crippen molar-refractivity contribution in [2.24, 2.45) is 5.73 Å². The molecule has 14 heavy (non-hydrogen) atoms. The van der Waals surface area contributed by atoms with Gasteiger partial charge in [0.15, 0.2) is 0 Å². The van der Waals surface area contributed by atoms with Gasteiger partial charge >= 0.3 is 0 Å². The fourth-order valence-electron chi connectivity index (χ4n) is 3.17. The van der Waals surface area contributed by atoms with Crippen LogP contribution >= 0.6 is 0 Å². The molecule has 2 aliphatic rings. The Morgan fingerprint density at radius 3 is 2.57 bits per heavy atom. The van der Waals surface area contributed by atoms with Crippen LogP contribution in [0, 0.1) is 0 Å². The normalized spacial score (nSPS) is 33.4. The van der Waals surface area contributed by atoms with Gasteiger partial charge in [-0.05, 0) is 45.6 Å². The van der Waals surface area contributed by atoms with Crippen LogP contribution in [0.5, 0.6) is 0 Å². The Labute approximate surface area is 87.8 Å². The summed E-state index contributed by atoms with van der Waals surface area (Å²) in [5.41, 5.74) is 6.38. The Bertz CT molecular complexity index is 181. The van der Waals surface area contributed by atoms with Crippen molar-refractivity contribution in [2.75, 3.05) is 13.1 Å². The minimum absolute atomic E-state index is 0.407. The average molecular weight is 196 g/mol. The Morgan fingerprint density at radius 2 is 2.00 bits per heavy atom. The Kier molecular flexibility index (Phi) is 3.13. The molecule has 1 saturated carbocycles. The van der Waals surface area contributed by atoms with Crippen molar-refractivity contribution in [3.8, 4) is 0 Å². The summed E-state index contributed by atoms with van der Waals surface area (Å²) in [6.45, 7) is 4.55. The van der Waals surface area contributed by atoms with Crippen LogP contribution in [0.4, 0.5) is 0 Å². The predicted molar refractivity (Wildman–Crippen MR) is 60.3 cm³/mol. The Hall–Kier alpha value is -0.0800. The van der Waals surface area contributed by atoms with Gasteiger partial charge < -0.3 is 5.73 Å². The molecular formula is C12H24N2. The summed E-state index contributed by atoms with van der Waals surface area (Å²) >= 11 is 0. The first-order valence-corrected chi connectivity index (χ1v) is 6.25. The lowest BCUT2D eigenvalue weighted by atomic mass is 9.74. The molecular weight excluding hydrogens is 172 g/mol. The summed E-state index contributed by atoms with van der Waals surface area (Å²) in [7, 11) is 0. The summed E-state index contributed by atoms with van der Waals surface area (Å²) in [5, 5.41) is 0. The number of likely N-dealkylation sites (tertiary alicyclic amines) is 1. The molecule has 1 aliphatic carbocycles. The van der Waals surface area contributed by atoms with E-state index >= 15 is 0 Å². The van der Waals surface area contributed by atoms with Gasteiger partial charge in [-0.2, -0.15) is 0 Å². The third-order valence-corrected chi connectivity index (χ3v) is 4.33. The lowest BCUT2D eigenvalue weighted by Gasteiger charge is -2.52. The van der Waals surface area contributed by atoms with E-state index < -0.39 is 0 Å².